The van der Waals surface area contributed by atoms with Crippen LogP contribution in [0.1, 0.15) is 6.92 Å². The minimum atomic E-state index is -0.554. The van der Waals surface area contributed by atoms with Crippen molar-refractivity contribution in [3.05, 3.63) is 0 Å². The van der Waals surface area contributed by atoms with Gasteiger partial charge in [-0.25, -0.2) is 0 Å². The van der Waals surface area contributed by atoms with Crippen LogP contribution in [0.25, 0.3) is 0 Å². The van der Waals surface area contributed by atoms with Crippen LogP contribution in [0, 0.1) is 0 Å². The van der Waals surface area contributed by atoms with Crippen LogP contribution in [-0.2, 0) is 9.59 Å². The highest BCUT2D eigenvalue weighted by Gasteiger charge is 2.27. The average Bonchev–Trinajstić information content (AvgIpc) is 2.28. The first kappa shape index (κ1) is 12.9. The maximum absolute atomic E-state index is 11.7. The van der Waals surface area contributed by atoms with Gasteiger partial charge in [-0.05, 0) is 14.0 Å². The van der Waals surface area contributed by atoms with Crippen molar-refractivity contribution in [1.29, 1.82) is 0 Å². The number of carbonyl (C=O) groups excluding carboxylic acids is 2. The van der Waals surface area contributed by atoms with Crippen molar-refractivity contribution >= 4 is 11.8 Å². The minimum absolute atomic E-state index is 0.292. The number of nitrogens with two attached hydrogens (primary N) is 1. The lowest BCUT2D eigenvalue weighted by atomic mass is 10.2. The summed E-state index contributed by atoms with van der Waals surface area (Å²) in [6, 6.07) is 0.292. The predicted molar refractivity (Wildman–Crippen MR) is 60.7 cm³/mol. The summed E-state index contributed by atoms with van der Waals surface area (Å²) in [5.74, 6) is -1.00. The molecule has 2 amide bonds. The lowest BCUT2D eigenvalue weighted by molar-refractivity contribution is -0.147. The molecule has 6 nitrogen and oxygen atoms in total. The van der Waals surface area contributed by atoms with Crippen molar-refractivity contribution in [1.82, 2.24) is 15.1 Å². The number of piperazine rings is 1. The van der Waals surface area contributed by atoms with E-state index in [2.05, 4.69) is 10.2 Å². The van der Waals surface area contributed by atoms with E-state index in [1.165, 1.54) is 0 Å². The Morgan fingerprint density at radius 3 is 2.69 bits per heavy atom. The molecule has 1 aliphatic rings. The number of rotatable bonds is 2. The molecular weight excluding hydrogens is 208 g/mol. The average molecular weight is 228 g/mol. The molecule has 3 N–H and O–H groups in total. The van der Waals surface area contributed by atoms with Crippen molar-refractivity contribution < 1.29 is 9.59 Å². The highest BCUT2D eigenvalue weighted by atomic mass is 16.2. The van der Waals surface area contributed by atoms with Crippen LogP contribution in [0.4, 0.5) is 0 Å². The Morgan fingerprint density at radius 1 is 1.44 bits per heavy atom. The summed E-state index contributed by atoms with van der Waals surface area (Å²) >= 11 is 0. The third-order valence-corrected chi connectivity index (χ3v) is 2.87. The zero-order valence-corrected chi connectivity index (χ0v) is 9.90. The SMILES string of the molecule is CC1CN(C(=O)C(=O)NCCN)CCN1C. The second kappa shape index (κ2) is 5.81. The van der Waals surface area contributed by atoms with Crippen molar-refractivity contribution in [2.45, 2.75) is 13.0 Å². The summed E-state index contributed by atoms with van der Waals surface area (Å²) in [5.41, 5.74) is 5.25. The van der Waals surface area contributed by atoms with Gasteiger partial charge in [0.05, 0.1) is 0 Å². The smallest absolute Gasteiger partial charge is 0.311 e. The maximum Gasteiger partial charge on any atom is 0.311 e. The predicted octanol–water partition coefficient (Wildman–Crippen LogP) is -1.78. The molecule has 1 rings (SSSR count). The molecule has 0 saturated carbocycles. The first-order valence-electron chi connectivity index (χ1n) is 5.53. The molecule has 0 radical (unpaired) electrons. The Hall–Kier alpha value is -1.14. The molecule has 1 unspecified atom stereocenters. The van der Waals surface area contributed by atoms with Crippen LogP contribution in [0.3, 0.4) is 0 Å². The minimum Gasteiger partial charge on any atom is -0.347 e. The molecule has 1 saturated heterocycles. The van der Waals surface area contributed by atoms with E-state index in [1.54, 1.807) is 4.90 Å². The van der Waals surface area contributed by atoms with Gasteiger partial charge in [0, 0.05) is 38.8 Å². The second-order valence-electron chi connectivity index (χ2n) is 4.13. The molecular formula is C10H20N4O2. The lowest BCUT2D eigenvalue weighted by Crippen LogP contribution is -2.55. The first-order valence-corrected chi connectivity index (χ1v) is 5.53. The van der Waals surface area contributed by atoms with Crippen LogP contribution in [-0.4, -0.2) is 67.4 Å². The summed E-state index contributed by atoms with van der Waals surface area (Å²) in [7, 11) is 2.01. The van der Waals surface area contributed by atoms with E-state index in [9.17, 15) is 9.59 Å². The number of hydrogen-bond acceptors (Lipinski definition) is 4. The number of nitrogens with zero attached hydrogens (tertiary/aromatic N) is 2. The first-order chi connectivity index (χ1) is 7.56. The highest BCUT2D eigenvalue weighted by Crippen LogP contribution is 2.06. The Balaban J connectivity index is 2.45. The molecule has 0 bridgehead atoms. The van der Waals surface area contributed by atoms with E-state index >= 15 is 0 Å². The number of amides is 2. The summed E-state index contributed by atoms with van der Waals surface area (Å²) in [4.78, 5) is 26.9. The Labute approximate surface area is 95.8 Å². The monoisotopic (exact) mass is 228 g/mol. The van der Waals surface area contributed by atoms with Crippen molar-refractivity contribution in [3.8, 4) is 0 Å². The van der Waals surface area contributed by atoms with Gasteiger partial charge in [0.25, 0.3) is 0 Å². The fourth-order valence-electron chi connectivity index (χ4n) is 1.64. The molecule has 92 valence electrons. The molecule has 0 aliphatic carbocycles. The summed E-state index contributed by atoms with van der Waals surface area (Å²) < 4.78 is 0. The van der Waals surface area contributed by atoms with Crippen molar-refractivity contribution in [2.24, 2.45) is 5.73 Å². The summed E-state index contributed by atoms with van der Waals surface area (Å²) in [6.07, 6.45) is 0. The molecule has 16 heavy (non-hydrogen) atoms. The molecule has 0 aromatic heterocycles. The zero-order chi connectivity index (χ0) is 12.1. The van der Waals surface area contributed by atoms with Gasteiger partial charge in [-0.15, -0.1) is 0 Å². The lowest BCUT2D eigenvalue weighted by Gasteiger charge is -2.37. The standard InChI is InChI=1S/C10H20N4O2/c1-8-7-14(6-5-13(8)2)10(16)9(15)12-4-3-11/h8H,3-7,11H2,1-2H3,(H,12,15). The van der Waals surface area contributed by atoms with Gasteiger partial charge in [-0.2, -0.15) is 0 Å². The number of hydrogen-bond donors (Lipinski definition) is 2. The Kier molecular flexibility index (Phi) is 4.70. The van der Waals surface area contributed by atoms with Crippen LogP contribution >= 0.6 is 0 Å². The normalized spacial score (nSPS) is 21.9. The van der Waals surface area contributed by atoms with E-state index in [0.29, 0.717) is 32.2 Å². The molecule has 0 spiro atoms. The van der Waals surface area contributed by atoms with Gasteiger partial charge < -0.3 is 20.9 Å². The van der Waals surface area contributed by atoms with Crippen molar-refractivity contribution in [2.75, 3.05) is 39.8 Å². The quantitative estimate of drug-likeness (QED) is 0.548. The molecule has 1 heterocycles. The second-order valence-corrected chi connectivity index (χ2v) is 4.13. The number of likely N-dealkylation sites (N-methyl/N-ethyl adjacent to an activating group) is 1. The van der Waals surface area contributed by atoms with E-state index in [4.69, 9.17) is 5.73 Å². The molecule has 1 fully saturated rings. The van der Waals surface area contributed by atoms with E-state index in [1.807, 2.05) is 14.0 Å². The third kappa shape index (κ3) is 3.18. The van der Waals surface area contributed by atoms with Gasteiger partial charge in [0.15, 0.2) is 0 Å². The van der Waals surface area contributed by atoms with Gasteiger partial charge in [0.2, 0.25) is 0 Å². The fraction of sp³-hybridized carbons (Fsp3) is 0.800. The van der Waals surface area contributed by atoms with E-state index < -0.39 is 11.8 Å². The zero-order valence-electron chi connectivity index (χ0n) is 9.90. The molecule has 0 aromatic rings. The third-order valence-electron chi connectivity index (χ3n) is 2.87. The van der Waals surface area contributed by atoms with Gasteiger partial charge in [-0.1, -0.05) is 0 Å². The Bertz CT molecular complexity index is 270. The number of carbonyl (C=O) groups is 2. The van der Waals surface area contributed by atoms with Gasteiger partial charge >= 0.3 is 11.8 Å². The molecule has 1 atom stereocenters. The van der Waals surface area contributed by atoms with Crippen LogP contribution < -0.4 is 11.1 Å². The van der Waals surface area contributed by atoms with Crippen LogP contribution in [0.15, 0.2) is 0 Å². The molecule has 1 aliphatic heterocycles. The van der Waals surface area contributed by atoms with E-state index in [-0.39, 0.29) is 0 Å². The summed E-state index contributed by atoms with van der Waals surface area (Å²) in [6.45, 7) is 4.74. The topological polar surface area (TPSA) is 78.7 Å². The van der Waals surface area contributed by atoms with Gasteiger partial charge in [0.1, 0.15) is 0 Å². The van der Waals surface area contributed by atoms with E-state index in [0.717, 1.165) is 6.54 Å². The largest absolute Gasteiger partial charge is 0.347 e. The van der Waals surface area contributed by atoms with Crippen LogP contribution in [0.5, 0.6) is 0 Å². The molecule has 0 aromatic carbocycles. The van der Waals surface area contributed by atoms with Gasteiger partial charge in [-0.3, -0.25) is 9.59 Å². The fourth-order valence-corrected chi connectivity index (χ4v) is 1.64. The summed E-state index contributed by atoms with van der Waals surface area (Å²) in [5, 5.41) is 2.49. The molecule has 6 heteroatoms. The number of nitrogens with one attached hydrogen (secondary N) is 1. The highest BCUT2D eigenvalue weighted by molar-refractivity contribution is 6.35. The maximum atomic E-state index is 11.7. The Morgan fingerprint density at radius 2 is 2.12 bits per heavy atom. The van der Waals surface area contributed by atoms with Crippen molar-refractivity contribution in [3.63, 3.8) is 0 Å². The van der Waals surface area contributed by atoms with Crippen LogP contribution in [0.2, 0.25) is 0 Å².